The monoisotopic (exact) mass is 729 g/mol. The number of halogens is 3. The zero-order valence-corrected chi connectivity index (χ0v) is 29.3. The Balaban J connectivity index is 1.60. The van der Waals surface area contributed by atoms with Gasteiger partial charge in [-0.3, -0.25) is 24.4 Å². The number of ether oxygens (including phenoxy) is 2. The van der Waals surface area contributed by atoms with Crippen molar-refractivity contribution in [1.82, 2.24) is 20.3 Å². The van der Waals surface area contributed by atoms with Crippen molar-refractivity contribution >= 4 is 45.6 Å². The van der Waals surface area contributed by atoms with Crippen LogP contribution in [0.15, 0.2) is 24.8 Å². The number of likely N-dealkylation sites (tertiary alicyclic amines) is 1. The van der Waals surface area contributed by atoms with Crippen LogP contribution >= 0.6 is 0 Å². The summed E-state index contributed by atoms with van der Waals surface area (Å²) in [5.74, 6) is -8.30. The van der Waals surface area contributed by atoms with Gasteiger partial charge in [0.05, 0.1) is 17.5 Å². The van der Waals surface area contributed by atoms with Crippen molar-refractivity contribution in [2.45, 2.75) is 102 Å². The Bertz CT molecular complexity index is 1690. The molecule has 1 heterocycles. The number of anilines is 1. The number of alkyl carbamates (subject to hydrolysis) is 1. The van der Waals surface area contributed by atoms with E-state index in [9.17, 15) is 45.6 Å². The molecule has 2 unspecified atom stereocenters. The highest BCUT2D eigenvalue weighted by Crippen LogP contribution is 2.45. The molecular weight excluding hydrogens is 687 g/mol. The summed E-state index contributed by atoms with van der Waals surface area (Å²) < 4.78 is 79.1. The first-order valence-corrected chi connectivity index (χ1v) is 17.5. The fourth-order valence-electron chi connectivity index (χ4n) is 5.55. The molecule has 5 amide bonds. The van der Waals surface area contributed by atoms with Gasteiger partial charge in [-0.15, -0.1) is 6.58 Å². The number of amides is 5. The summed E-state index contributed by atoms with van der Waals surface area (Å²) >= 11 is 0. The van der Waals surface area contributed by atoms with E-state index in [1.807, 2.05) is 10.0 Å². The molecule has 0 bridgehead atoms. The van der Waals surface area contributed by atoms with Gasteiger partial charge in [-0.05, 0) is 57.6 Å². The average molecular weight is 730 g/mol. The number of nitrogens with zero attached hydrogens (tertiary/aromatic N) is 1. The predicted octanol–water partition coefficient (Wildman–Crippen LogP) is 3.23. The second-order valence-corrected chi connectivity index (χ2v) is 16.7. The van der Waals surface area contributed by atoms with Crippen LogP contribution in [0.25, 0.3) is 0 Å². The minimum absolute atomic E-state index is 0.0157. The lowest BCUT2D eigenvalue weighted by Gasteiger charge is -2.36. The fourth-order valence-corrected chi connectivity index (χ4v) is 6.91. The van der Waals surface area contributed by atoms with Gasteiger partial charge >= 0.3 is 12.2 Å². The van der Waals surface area contributed by atoms with Crippen LogP contribution in [0.2, 0.25) is 0 Å². The number of nitrogens with one attached hydrogen (secondary N) is 4. The topological polar surface area (TPSA) is 189 Å². The van der Waals surface area contributed by atoms with Gasteiger partial charge in [0.2, 0.25) is 21.8 Å². The lowest BCUT2D eigenvalue weighted by Crippen LogP contribution is -2.60. The van der Waals surface area contributed by atoms with Gasteiger partial charge in [-0.2, -0.15) is 0 Å². The van der Waals surface area contributed by atoms with Gasteiger partial charge in [-0.25, -0.2) is 31.2 Å². The second-order valence-electron chi connectivity index (χ2n) is 14.7. The number of carbonyl (C=O) groups excluding carboxylic acids is 5. The predicted molar refractivity (Wildman–Crippen MR) is 172 cm³/mol. The van der Waals surface area contributed by atoms with Gasteiger partial charge in [0.25, 0.3) is 5.91 Å². The van der Waals surface area contributed by atoms with Gasteiger partial charge in [0.1, 0.15) is 29.3 Å². The summed E-state index contributed by atoms with van der Waals surface area (Å²) in [5.41, 5.74) is -4.31. The highest BCUT2D eigenvalue weighted by Gasteiger charge is 2.62. The maximum atomic E-state index is 14.2. The molecule has 4 N–H and O–H groups in total. The molecule has 1 aliphatic heterocycles. The summed E-state index contributed by atoms with van der Waals surface area (Å²) in [6.07, 6.45) is -1.66. The van der Waals surface area contributed by atoms with Crippen molar-refractivity contribution in [3.63, 3.8) is 0 Å². The molecule has 0 aromatic heterocycles. The van der Waals surface area contributed by atoms with Crippen molar-refractivity contribution < 1.29 is 55.0 Å². The number of benzene rings is 1. The van der Waals surface area contributed by atoms with Crippen molar-refractivity contribution in [2.75, 3.05) is 11.9 Å². The molecule has 18 heteroatoms. The van der Waals surface area contributed by atoms with Crippen LogP contribution in [0.3, 0.4) is 0 Å². The molecule has 5 atom stereocenters. The van der Waals surface area contributed by atoms with E-state index in [0.717, 1.165) is 11.0 Å². The Morgan fingerprint density at radius 2 is 1.66 bits per heavy atom. The number of hydrogen-bond donors (Lipinski definition) is 4. The van der Waals surface area contributed by atoms with Gasteiger partial charge in [-0.1, -0.05) is 26.8 Å². The largest absolute Gasteiger partial charge is 0.444 e. The first-order valence-electron chi connectivity index (χ1n) is 15.9. The van der Waals surface area contributed by atoms with Crippen LogP contribution < -0.4 is 20.7 Å². The zero-order valence-electron chi connectivity index (χ0n) is 28.5. The minimum Gasteiger partial charge on any atom is -0.444 e. The Morgan fingerprint density at radius 3 is 2.20 bits per heavy atom. The highest BCUT2D eigenvalue weighted by molar-refractivity contribution is 7.91. The molecule has 1 aromatic carbocycles. The molecular formula is C32H42F3N5O9S. The first-order chi connectivity index (χ1) is 23.0. The Kier molecular flexibility index (Phi) is 10.6. The molecule has 3 aliphatic rings. The van der Waals surface area contributed by atoms with Gasteiger partial charge in [0.15, 0.2) is 17.5 Å². The lowest BCUT2D eigenvalue weighted by molar-refractivity contribution is -0.143. The maximum absolute atomic E-state index is 14.2. The number of sulfonamides is 1. The van der Waals surface area contributed by atoms with Crippen LogP contribution in [0.4, 0.5) is 28.4 Å². The highest BCUT2D eigenvalue weighted by atomic mass is 32.2. The molecule has 14 nitrogen and oxygen atoms in total. The van der Waals surface area contributed by atoms with Crippen LogP contribution in [0.5, 0.6) is 0 Å². The standard InChI is InChI=1S/C32H42F3N5O9S/c1-8-16-14-32(16,27(43)39-50(46,47)18-9-10-18)38-25(41)21-13-17(48-28(44)36-20-12-11-19(33)22(34)23(20)35)15-40(21)26(42)24(30(2,3)4)37-29(45)49-31(5,6)7/h8,11-12,16-18,21,24H,1,9-10,13-15H2,2-7H3,(H,36,44)(H,37,45)(H,38,41)(H,39,43)/t16?,17-,21+,24-,32?/m1/s1. The van der Waals surface area contributed by atoms with E-state index in [0.29, 0.717) is 18.9 Å². The Morgan fingerprint density at radius 1 is 1.02 bits per heavy atom. The molecule has 1 aromatic rings. The number of carbonyl (C=O) groups is 5. The van der Waals surface area contributed by atoms with Gasteiger partial charge in [0, 0.05) is 12.3 Å². The summed E-state index contributed by atoms with van der Waals surface area (Å²) in [6.45, 7) is 13.0. The van der Waals surface area contributed by atoms with Crippen molar-refractivity contribution in [2.24, 2.45) is 11.3 Å². The third-order valence-electron chi connectivity index (χ3n) is 8.42. The van der Waals surface area contributed by atoms with E-state index in [-0.39, 0.29) is 12.8 Å². The molecule has 50 heavy (non-hydrogen) atoms. The van der Waals surface area contributed by atoms with Crippen molar-refractivity contribution in [3.05, 3.63) is 42.2 Å². The quantitative estimate of drug-likeness (QED) is 0.207. The van der Waals surface area contributed by atoms with E-state index >= 15 is 0 Å². The van der Waals surface area contributed by atoms with Crippen LogP contribution in [0, 0.1) is 28.8 Å². The third kappa shape index (κ3) is 8.68. The Hall–Kier alpha value is -4.35. The zero-order chi connectivity index (χ0) is 37.6. The molecule has 3 fully saturated rings. The van der Waals surface area contributed by atoms with Crippen LogP contribution in [0.1, 0.15) is 67.2 Å². The molecule has 2 saturated carbocycles. The number of rotatable bonds is 10. The molecule has 0 radical (unpaired) electrons. The second kappa shape index (κ2) is 13.8. The summed E-state index contributed by atoms with van der Waals surface area (Å²) in [7, 11) is -3.99. The smallest absolute Gasteiger partial charge is 0.412 e. The van der Waals surface area contributed by atoms with E-state index in [2.05, 4.69) is 17.2 Å². The molecule has 1 saturated heterocycles. The normalized spacial score (nSPS) is 24.0. The van der Waals surface area contributed by atoms with Crippen LogP contribution in [-0.4, -0.2) is 84.3 Å². The minimum atomic E-state index is -3.99. The molecule has 2 aliphatic carbocycles. The maximum Gasteiger partial charge on any atom is 0.412 e. The molecule has 0 spiro atoms. The molecule has 4 rings (SSSR count). The first kappa shape index (κ1) is 38.5. The lowest BCUT2D eigenvalue weighted by atomic mass is 9.85. The fraction of sp³-hybridized carbons (Fsp3) is 0.594. The molecule has 276 valence electrons. The van der Waals surface area contributed by atoms with Crippen molar-refractivity contribution in [1.29, 1.82) is 0 Å². The van der Waals surface area contributed by atoms with Gasteiger partial charge < -0.3 is 25.0 Å². The van der Waals surface area contributed by atoms with E-state index in [1.54, 1.807) is 41.5 Å². The third-order valence-corrected chi connectivity index (χ3v) is 10.2. The Labute approximate surface area is 287 Å². The number of hydrogen-bond acceptors (Lipinski definition) is 9. The summed E-state index contributed by atoms with van der Waals surface area (Å²) in [5, 5.41) is 6.35. The van der Waals surface area contributed by atoms with E-state index in [4.69, 9.17) is 9.47 Å². The SMILES string of the molecule is C=CC1CC1(NC(=O)[C@@H]1C[C@@H](OC(=O)Nc2ccc(F)c(F)c2F)CN1C(=O)[C@@H](NC(=O)OC(C)(C)C)C(C)(C)C)C(=O)NS(=O)(=O)C1CC1. The summed E-state index contributed by atoms with van der Waals surface area (Å²) in [6, 6.07) is -1.36. The van der Waals surface area contributed by atoms with Crippen molar-refractivity contribution in [3.8, 4) is 0 Å². The van der Waals surface area contributed by atoms with E-state index < -0.39 is 116 Å². The van der Waals surface area contributed by atoms with E-state index in [1.165, 1.54) is 6.08 Å². The average Bonchev–Trinajstić information content (AvgIpc) is 3.91. The van der Waals surface area contributed by atoms with Crippen LogP contribution in [-0.2, 0) is 33.9 Å². The summed E-state index contributed by atoms with van der Waals surface area (Å²) in [4.78, 5) is 67.9.